The summed E-state index contributed by atoms with van der Waals surface area (Å²) in [6, 6.07) is 7.40. The van der Waals surface area contributed by atoms with E-state index >= 15 is 0 Å². The summed E-state index contributed by atoms with van der Waals surface area (Å²) in [5.41, 5.74) is 1.69. The van der Waals surface area contributed by atoms with Gasteiger partial charge in [0, 0.05) is 25.6 Å². The molecule has 5 nitrogen and oxygen atoms in total. The third-order valence-corrected chi connectivity index (χ3v) is 2.56. The van der Waals surface area contributed by atoms with Crippen LogP contribution in [0.1, 0.15) is 22.3 Å². The van der Waals surface area contributed by atoms with E-state index in [1.165, 1.54) is 0 Å². The van der Waals surface area contributed by atoms with Crippen LogP contribution in [0.2, 0.25) is 0 Å². The highest BCUT2D eigenvalue weighted by Crippen LogP contribution is 2.03. The van der Waals surface area contributed by atoms with Gasteiger partial charge in [-0.3, -0.25) is 9.59 Å². The molecule has 0 aliphatic rings. The average Bonchev–Trinajstić information content (AvgIpc) is 2.42. The molecule has 104 valence electrons. The van der Waals surface area contributed by atoms with E-state index in [1.54, 1.807) is 13.1 Å². The fourth-order valence-electron chi connectivity index (χ4n) is 1.52. The maximum Gasteiger partial charge on any atom is 0.251 e. The van der Waals surface area contributed by atoms with Gasteiger partial charge in [-0.1, -0.05) is 17.7 Å². The van der Waals surface area contributed by atoms with Crippen molar-refractivity contribution in [3.63, 3.8) is 0 Å². The molecule has 5 heteroatoms. The van der Waals surface area contributed by atoms with Gasteiger partial charge in [0.1, 0.15) is 0 Å². The second-order valence-electron chi connectivity index (χ2n) is 4.16. The number of hydrogen-bond acceptors (Lipinski definition) is 3. The molecule has 0 heterocycles. The molecular weight excluding hydrogens is 244 g/mol. The first-order chi connectivity index (χ1) is 9.13. The van der Waals surface area contributed by atoms with Crippen molar-refractivity contribution < 1.29 is 14.3 Å². The third-order valence-electron chi connectivity index (χ3n) is 2.56. The van der Waals surface area contributed by atoms with Crippen LogP contribution in [0.4, 0.5) is 0 Å². The van der Waals surface area contributed by atoms with Gasteiger partial charge in [0.15, 0.2) is 0 Å². The molecule has 1 rings (SSSR count). The predicted octanol–water partition coefficient (Wildman–Crippen LogP) is 0.878. The molecule has 0 aromatic heterocycles. The van der Waals surface area contributed by atoms with Gasteiger partial charge in [0.2, 0.25) is 5.91 Å². The van der Waals surface area contributed by atoms with Gasteiger partial charge in [0.05, 0.1) is 13.2 Å². The van der Waals surface area contributed by atoms with Gasteiger partial charge < -0.3 is 15.4 Å². The van der Waals surface area contributed by atoms with Crippen LogP contribution >= 0.6 is 0 Å². The van der Waals surface area contributed by atoms with Crippen molar-refractivity contribution in [2.24, 2.45) is 0 Å². The molecular formula is C14H20N2O3. The second-order valence-corrected chi connectivity index (χ2v) is 4.16. The van der Waals surface area contributed by atoms with E-state index in [1.807, 2.05) is 25.1 Å². The Hall–Kier alpha value is -1.88. The van der Waals surface area contributed by atoms with Crippen molar-refractivity contribution in [2.75, 3.05) is 26.8 Å². The molecule has 1 aromatic rings. The molecule has 0 atom stereocenters. The number of benzene rings is 1. The lowest BCUT2D eigenvalue weighted by molar-refractivity contribution is -0.121. The van der Waals surface area contributed by atoms with Crippen molar-refractivity contribution >= 4 is 11.8 Å². The third kappa shape index (κ3) is 6.01. The van der Waals surface area contributed by atoms with E-state index in [-0.39, 0.29) is 11.8 Å². The SMILES string of the molecule is CNC(=O)CCOCCNC(=O)c1cccc(C)c1. The minimum Gasteiger partial charge on any atom is -0.379 e. The highest BCUT2D eigenvalue weighted by molar-refractivity contribution is 5.94. The van der Waals surface area contributed by atoms with Crippen molar-refractivity contribution in [3.05, 3.63) is 35.4 Å². The Morgan fingerprint density at radius 1 is 1.26 bits per heavy atom. The Morgan fingerprint density at radius 2 is 2.05 bits per heavy atom. The number of hydrogen-bond donors (Lipinski definition) is 2. The summed E-state index contributed by atoms with van der Waals surface area (Å²) in [7, 11) is 1.59. The number of aryl methyl sites for hydroxylation is 1. The molecule has 2 amide bonds. The van der Waals surface area contributed by atoms with Gasteiger partial charge >= 0.3 is 0 Å². The van der Waals surface area contributed by atoms with Gasteiger partial charge in [-0.15, -0.1) is 0 Å². The van der Waals surface area contributed by atoms with E-state index < -0.39 is 0 Å². The molecule has 19 heavy (non-hydrogen) atoms. The lowest BCUT2D eigenvalue weighted by Crippen LogP contribution is -2.28. The van der Waals surface area contributed by atoms with Crippen LogP contribution in [-0.4, -0.2) is 38.6 Å². The van der Waals surface area contributed by atoms with Crippen LogP contribution in [0.3, 0.4) is 0 Å². The Labute approximate surface area is 113 Å². The summed E-state index contributed by atoms with van der Waals surface area (Å²) in [5.74, 6) is -0.164. The van der Waals surface area contributed by atoms with Crippen LogP contribution in [0, 0.1) is 6.92 Å². The normalized spacial score (nSPS) is 10.0. The smallest absolute Gasteiger partial charge is 0.251 e. The molecule has 0 aliphatic carbocycles. The maximum absolute atomic E-state index is 11.8. The van der Waals surface area contributed by atoms with Crippen molar-refractivity contribution in [3.8, 4) is 0 Å². The second kappa shape index (κ2) is 8.26. The summed E-state index contributed by atoms with van der Waals surface area (Å²) < 4.78 is 5.24. The van der Waals surface area contributed by atoms with Gasteiger partial charge in [-0.05, 0) is 19.1 Å². The molecule has 1 aromatic carbocycles. The molecule has 0 radical (unpaired) electrons. The first kappa shape index (κ1) is 15.2. The Morgan fingerprint density at radius 3 is 2.74 bits per heavy atom. The minimum absolute atomic E-state index is 0.0520. The van der Waals surface area contributed by atoms with E-state index in [0.29, 0.717) is 31.7 Å². The van der Waals surface area contributed by atoms with Crippen LogP contribution in [0.25, 0.3) is 0 Å². The number of rotatable bonds is 7. The molecule has 2 N–H and O–H groups in total. The summed E-state index contributed by atoms with van der Waals surface area (Å²) in [6.45, 7) is 3.13. The summed E-state index contributed by atoms with van der Waals surface area (Å²) in [4.78, 5) is 22.7. The zero-order valence-electron chi connectivity index (χ0n) is 11.4. The summed E-state index contributed by atoms with van der Waals surface area (Å²) >= 11 is 0. The van der Waals surface area contributed by atoms with E-state index in [0.717, 1.165) is 5.56 Å². The van der Waals surface area contributed by atoms with Crippen LogP contribution in [0.15, 0.2) is 24.3 Å². The van der Waals surface area contributed by atoms with Gasteiger partial charge in [-0.2, -0.15) is 0 Å². The fraction of sp³-hybridized carbons (Fsp3) is 0.429. The van der Waals surface area contributed by atoms with Crippen LogP contribution in [-0.2, 0) is 9.53 Å². The molecule has 0 unspecified atom stereocenters. The number of carbonyl (C=O) groups is 2. The lowest BCUT2D eigenvalue weighted by Gasteiger charge is -2.06. The Kier molecular flexibility index (Phi) is 6.60. The zero-order valence-corrected chi connectivity index (χ0v) is 11.4. The topological polar surface area (TPSA) is 67.4 Å². The molecule has 0 bridgehead atoms. The molecule has 0 saturated heterocycles. The highest BCUT2D eigenvalue weighted by atomic mass is 16.5. The quantitative estimate of drug-likeness (QED) is 0.718. The van der Waals surface area contributed by atoms with Crippen molar-refractivity contribution in [2.45, 2.75) is 13.3 Å². The number of ether oxygens (including phenoxy) is 1. The van der Waals surface area contributed by atoms with Crippen LogP contribution < -0.4 is 10.6 Å². The first-order valence-corrected chi connectivity index (χ1v) is 6.26. The summed E-state index contributed by atoms with van der Waals surface area (Å²) in [6.07, 6.45) is 0.336. The monoisotopic (exact) mass is 264 g/mol. The molecule has 0 fully saturated rings. The zero-order chi connectivity index (χ0) is 14.1. The highest BCUT2D eigenvalue weighted by Gasteiger charge is 2.04. The Balaban J connectivity index is 2.16. The predicted molar refractivity (Wildman–Crippen MR) is 73.0 cm³/mol. The summed E-state index contributed by atoms with van der Waals surface area (Å²) in [5, 5.41) is 5.28. The first-order valence-electron chi connectivity index (χ1n) is 6.26. The van der Waals surface area contributed by atoms with E-state index in [9.17, 15) is 9.59 Å². The minimum atomic E-state index is -0.112. The van der Waals surface area contributed by atoms with E-state index in [2.05, 4.69) is 10.6 Å². The molecule has 0 saturated carbocycles. The number of amides is 2. The maximum atomic E-state index is 11.8. The number of nitrogens with one attached hydrogen (secondary N) is 2. The standard InChI is InChI=1S/C14H20N2O3/c1-11-4-3-5-12(10-11)14(18)16-7-9-19-8-6-13(17)15-2/h3-5,10H,6-9H2,1-2H3,(H,15,17)(H,16,18). The number of carbonyl (C=O) groups excluding carboxylic acids is 2. The van der Waals surface area contributed by atoms with Gasteiger partial charge in [0.25, 0.3) is 5.91 Å². The molecule has 0 spiro atoms. The van der Waals surface area contributed by atoms with Crippen molar-refractivity contribution in [1.82, 2.24) is 10.6 Å². The van der Waals surface area contributed by atoms with E-state index in [4.69, 9.17) is 4.74 Å². The largest absolute Gasteiger partial charge is 0.379 e. The fourth-order valence-corrected chi connectivity index (χ4v) is 1.52. The lowest BCUT2D eigenvalue weighted by atomic mass is 10.1. The van der Waals surface area contributed by atoms with Crippen LogP contribution in [0.5, 0.6) is 0 Å². The average molecular weight is 264 g/mol. The van der Waals surface area contributed by atoms with Crippen molar-refractivity contribution in [1.29, 1.82) is 0 Å². The molecule has 0 aliphatic heterocycles. The van der Waals surface area contributed by atoms with Gasteiger partial charge in [-0.25, -0.2) is 0 Å². The Bertz CT molecular complexity index is 432.